The van der Waals surface area contributed by atoms with Crippen molar-refractivity contribution in [2.45, 2.75) is 72.1 Å². The topological polar surface area (TPSA) is 12.9 Å². The molecule has 0 atom stereocenters. The lowest BCUT2D eigenvalue weighted by atomic mass is 9.78. The van der Waals surface area contributed by atoms with E-state index in [1.807, 2.05) is 0 Å². The lowest BCUT2D eigenvalue weighted by Gasteiger charge is -2.25. The molecule has 1 heteroatoms. The van der Waals surface area contributed by atoms with Gasteiger partial charge in [-0.1, -0.05) is 82.3 Å². The number of pyridine rings is 1. The number of aryl methyl sites for hydroxylation is 4. The normalized spacial score (nSPS) is 16.3. The van der Waals surface area contributed by atoms with Crippen molar-refractivity contribution in [3.8, 4) is 44.5 Å². The second-order valence-electron chi connectivity index (χ2n) is 14.1. The summed E-state index contributed by atoms with van der Waals surface area (Å²) < 4.78 is 0. The van der Waals surface area contributed by atoms with Crippen LogP contribution >= 0.6 is 0 Å². The SMILES string of the molecule is Cc1cc2c(cc1-c1cc3c(cc1C)-c1cc(-c4cncc5c4C=CCC5)c(C)cc1C3(C)C)C(C)(C)c1ccccc1-2. The van der Waals surface area contributed by atoms with E-state index in [4.69, 9.17) is 0 Å². The molecule has 0 amide bonds. The van der Waals surface area contributed by atoms with Gasteiger partial charge >= 0.3 is 0 Å². The van der Waals surface area contributed by atoms with Gasteiger partial charge in [0.25, 0.3) is 0 Å². The van der Waals surface area contributed by atoms with Crippen molar-refractivity contribution in [3.63, 3.8) is 0 Å². The van der Waals surface area contributed by atoms with E-state index < -0.39 is 0 Å². The second kappa shape index (κ2) is 8.89. The molecule has 3 aliphatic rings. The Balaban J connectivity index is 1.29. The van der Waals surface area contributed by atoms with Crippen LogP contribution < -0.4 is 0 Å². The Morgan fingerprint density at radius 1 is 0.535 bits per heavy atom. The first kappa shape index (κ1) is 26.4. The summed E-state index contributed by atoms with van der Waals surface area (Å²) in [6.07, 6.45) is 10.9. The molecule has 0 unspecified atom stereocenters. The van der Waals surface area contributed by atoms with Gasteiger partial charge in [0.15, 0.2) is 0 Å². The number of benzene rings is 4. The average Bonchev–Trinajstić information content (AvgIpc) is 3.34. The molecular weight excluding hydrogens is 518 g/mol. The van der Waals surface area contributed by atoms with Gasteiger partial charge in [0.2, 0.25) is 0 Å². The summed E-state index contributed by atoms with van der Waals surface area (Å²) in [6, 6.07) is 23.8. The van der Waals surface area contributed by atoms with Crippen molar-refractivity contribution in [3.05, 3.63) is 129 Å². The summed E-state index contributed by atoms with van der Waals surface area (Å²) in [6.45, 7) is 16.4. The minimum Gasteiger partial charge on any atom is -0.264 e. The summed E-state index contributed by atoms with van der Waals surface area (Å²) in [7, 11) is 0. The highest BCUT2D eigenvalue weighted by Gasteiger charge is 2.38. The zero-order chi connectivity index (χ0) is 29.8. The van der Waals surface area contributed by atoms with E-state index in [1.54, 1.807) is 0 Å². The Kier molecular flexibility index (Phi) is 5.46. The molecule has 0 aliphatic heterocycles. The maximum Gasteiger partial charge on any atom is 0.0352 e. The molecule has 8 rings (SSSR count). The Hall–Kier alpha value is -4.23. The van der Waals surface area contributed by atoms with Crippen LogP contribution in [0.3, 0.4) is 0 Å². The number of nitrogens with zero attached hydrogens (tertiary/aromatic N) is 1. The van der Waals surface area contributed by atoms with Crippen LogP contribution in [0.1, 0.15) is 84.2 Å². The molecule has 5 aromatic rings. The molecule has 0 fully saturated rings. The molecular formula is C42H39N. The Morgan fingerprint density at radius 3 is 1.81 bits per heavy atom. The average molecular weight is 558 g/mol. The zero-order valence-corrected chi connectivity index (χ0v) is 26.4. The van der Waals surface area contributed by atoms with Crippen molar-refractivity contribution in [2.24, 2.45) is 0 Å². The molecule has 0 saturated carbocycles. The molecule has 1 aromatic heterocycles. The van der Waals surface area contributed by atoms with Crippen molar-refractivity contribution < 1.29 is 0 Å². The summed E-state index contributed by atoms with van der Waals surface area (Å²) in [5.74, 6) is 0. The molecule has 43 heavy (non-hydrogen) atoms. The Morgan fingerprint density at radius 2 is 1.09 bits per heavy atom. The lowest BCUT2D eigenvalue weighted by molar-refractivity contribution is 0.659. The number of allylic oxidation sites excluding steroid dienone is 1. The van der Waals surface area contributed by atoms with Gasteiger partial charge in [-0.15, -0.1) is 0 Å². The number of fused-ring (bicyclic) bond motifs is 7. The number of hydrogen-bond acceptors (Lipinski definition) is 1. The van der Waals surface area contributed by atoms with Gasteiger partial charge in [-0.05, 0) is 141 Å². The fraction of sp³-hybridized carbons (Fsp3) is 0.262. The molecule has 3 aliphatic carbocycles. The summed E-state index contributed by atoms with van der Waals surface area (Å²) in [4.78, 5) is 4.66. The van der Waals surface area contributed by atoms with E-state index in [2.05, 4.69) is 139 Å². The minimum atomic E-state index is -0.0786. The van der Waals surface area contributed by atoms with Crippen molar-refractivity contribution in [2.75, 3.05) is 0 Å². The van der Waals surface area contributed by atoms with Crippen LogP contribution in [-0.2, 0) is 17.3 Å². The van der Waals surface area contributed by atoms with Crippen LogP contribution in [0.2, 0.25) is 0 Å². The van der Waals surface area contributed by atoms with Gasteiger partial charge in [0, 0.05) is 28.8 Å². The molecule has 4 aromatic carbocycles. The Labute approximate surface area is 256 Å². The smallest absolute Gasteiger partial charge is 0.0352 e. The van der Waals surface area contributed by atoms with Crippen molar-refractivity contribution >= 4 is 6.08 Å². The van der Waals surface area contributed by atoms with Gasteiger partial charge in [-0.2, -0.15) is 0 Å². The van der Waals surface area contributed by atoms with E-state index in [0.717, 1.165) is 12.8 Å². The summed E-state index contributed by atoms with van der Waals surface area (Å²) >= 11 is 0. The van der Waals surface area contributed by atoms with Gasteiger partial charge in [-0.25, -0.2) is 0 Å². The monoisotopic (exact) mass is 557 g/mol. The minimum absolute atomic E-state index is 0.0108. The molecule has 0 saturated heterocycles. The van der Waals surface area contributed by atoms with Gasteiger partial charge < -0.3 is 0 Å². The van der Waals surface area contributed by atoms with Crippen molar-refractivity contribution in [1.29, 1.82) is 0 Å². The van der Waals surface area contributed by atoms with Crippen molar-refractivity contribution in [1.82, 2.24) is 4.98 Å². The number of hydrogen-bond donors (Lipinski definition) is 0. The Bertz CT molecular complexity index is 2050. The largest absolute Gasteiger partial charge is 0.264 e. The van der Waals surface area contributed by atoms with Crippen LogP contribution in [-0.4, -0.2) is 4.98 Å². The third-order valence-corrected chi connectivity index (χ3v) is 10.8. The maximum absolute atomic E-state index is 4.66. The first-order valence-corrected chi connectivity index (χ1v) is 15.8. The van der Waals surface area contributed by atoms with Crippen LogP contribution in [0.15, 0.2) is 79.1 Å². The molecule has 0 bridgehead atoms. The summed E-state index contributed by atoms with van der Waals surface area (Å²) in [5, 5.41) is 0. The highest BCUT2D eigenvalue weighted by molar-refractivity contribution is 5.91. The molecule has 1 heterocycles. The van der Waals surface area contributed by atoms with E-state index >= 15 is 0 Å². The molecule has 212 valence electrons. The highest BCUT2D eigenvalue weighted by atomic mass is 14.6. The molecule has 1 nitrogen and oxygen atoms in total. The van der Waals surface area contributed by atoms with Gasteiger partial charge in [-0.3, -0.25) is 4.98 Å². The molecule has 0 radical (unpaired) electrons. The first-order valence-electron chi connectivity index (χ1n) is 15.8. The van der Waals surface area contributed by atoms with Crippen LogP contribution in [0.5, 0.6) is 0 Å². The van der Waals surface area contributed by atoms with Gasteiger partial charge in [0.1, 0.15) is 0 Å². The fourth-order valence-corrected chi connectivity index (χ4v) is 8.33. The lowest BCUT2D eigenvalue weighted by Crippen LogP contribution is -2.16. The first-order chi connectivity index (χ1) is 20.6. The zero-order valence-electron chi connectivity index (χ0n) is 26.4. The van der Waals surface area contributed by atoms with Crippen LogP contribution in [0.25, 0.3) is 50.6 Å². The predicted molar refractivity (Wildman–Crippen MR) is 182 cm³/mol. The highest BCUT2D eigenvalue weighted by Crippen LogP contribution is 2.54. The van der Waals surface area contributed by atoms with Crippen LogP contribution in [0.4, 0.5) is 0 Å². The van der Waals surface area contributed by atoms with E-state index in [9.17, 15) is 0 Å². The van der Waals surface area contributed by atoms with E-state index in [1.165, 1.54) is 94.6 Å². The van der Waals surface area contributed by atoms with E-state index in [-0.39, 0.29) is 10.8 Å². The maximum atomic E-state index is 4.66. The van der Waals surface area contributed by atoms with E-state index in [0.29, 0.717) is 0 Å². The number of rotatable bonds is 2. The standard InChI is InChI=1S/C42H39N/c1-24-16-33-29-14-10-11-15-37(29)41(4,5)39(33)20-31(24)32-21-40-34(17-25(32)2)35-19-30(26(3)18-38(35)42(40,6)7)36-23-43-22-27-12-8-9-13-28(27)36/h9-11,13-23H,8,12H2,1-7H3. The van der Waals surface area contributed by atoms with Crippen LogP contribution in [0, 0.1) is 20.8 Å². The fourth-order valence-electron chi connectivity index (χ4n) is 8.33. The summed E-state index contributed by atoms with van der Waals surface area (Å²) in [5.41, 5.74) is 23.1. The van der Waals surface area contributed by atoms with Gasteiger partial charge in [0.05, 0.1) is 0 Å². The second-order valence-corrected chi connectivity index (χ2v) is 14.1. The third-order valence-electron chi connectivity index (χ3n) is 10.8. The predicted octanol–water partition coefficient (Wildman–Crippen LogP) is 10.9. The number of aromatic nitrogens is 1. The third kappa shape index (κ3) is 3.61. The quantitative estimate of drug-likeness (QED) is 0.210. The molecule has 0 N–H and O–H groups in total. The molecule has 0 spiro atoms.